The zero-order valence-corrected chi connectivity index (χ0v) is 18.1. The number of thiazole rings is 1. The van der Waals surface area contributed by atoms with Crippen LogP contribution in [0.25, 0.3) is 17.0 Å². The molecule has 2 N–H and O–H groups in total. The number of benzene rings is 3. The molecule has 4 rings (SSSR count). The number of hydrogen-bond acceptors (Lipinski definition) is 6. The number of nitrogens with one attached hydrogen (secondary N) is 1. The van der Waals surface area contributed by atoms with Gasteiger partial charge in [0, 0.05) is 16.5 Å². The predicted octanol–water partition coefficient (Wildman–Crippen LogP) is 6.77. The molecule has 0 unspecified atom stereocenters. The van der Waals surface area contributed by atoms with Crippen molar-refractivity contribution in [3.63, 3.8) is 0 Å². The van der Waals surface area contributed by atoms with Gasteiger partial charge in [-0.2, -0.15) is 5.11 Å². The minimum Gasteiger partial charge on any atom is -0.505 e. The largest absolute Gasteiger partial charge is 0.505 e. The first kappa shape index (κ1) is 21.1. The van der Waals surface area contributed by atoms with Gasteiger partial charge in [0.15, 0.2) is 16.6 Å². The number of nitrogens with zero attached hydrogens (tertiary/aromatic N) is 3. The standard InChI is InChI=1S/C25H20N4O2S/c1-17-12-14-20(15-13-17)28-29-22(23(30)19-10-6-3-7-11-19)24(31)27-25-26-21(16-32-25)18-8-4-2-5-9-18/h2-16,30H,1H3,(H,26,27,31)/b23-22-,29-28?. The highest BCUT2D eigenvalue weighted by Gasteiger charge is 2.19. The fraction of sp³-hybridized carbons (Fsp3) is 0.0400. The molecule has 0 bridgehead atoms. The molecule has 0 saturated heterocycles. The van der Waals surface area contributed by atoms with Crippen molar-refractivity contribution in [3.8, 4) is 11.3 Å². The second-order valence-electron chi connectivity index (χ2n) is 6.96. The van der Waals surface area contributed by atoms with Gasteiger partial charge in [0.25, 0.3) is 5.91 Å². The van der Waals surface area contributed by atoms with E-state index in [4.69, 9.17) is 0 Å². The number of aliphatic hydroxyl groups is 1. The van der Waals surface area contributed by atoms with Gasteiger partial charge in [-0.3, -0.25) is 10.1 Å². The van der Waals surface area contributed by atoms with Crippen molar-refractivity contribution in [1.29, 1.82) is 0 Å². The molecule has 3 aromatic carbocycles. The highest BCUT2D eigenvalue weighted by atomic mass is 32.1. The molecule has 1 aromatic heterocycles. The lowest BCUT2D eigenvalue weighted by atomic mass is 10.1. The van der Waals surface area contributed by atoms with Crippen LogP contribution in [0.1, 0.15) is 11.1 Å². The molecular weight excluding hydrogens is 420 g/mol. The van der Waals surface area contributed by atoms with Crippen LogP contribution in [0.3, 0.4) is 0 Å². The Morgan fingerprint density at radius 2 is 1.59 bits per heavy atom. The van der Waals surface area contributed by atoms with Gasteiger partial charge >= 0.3 is 0 Å². The van der Waals surface area contributed by atoms with E-state index in [1.807, 2.05) is 60.8 Å². The van der Waals surface area contributed by atoms with Crippen LogP contribution in [0.15, 0.2) is 106 Å². The van der Waals surface area contributed by atoms with E-state index in [1.165, 1.54) is 11.3 Å². The number of aryl methyl sites for hydroxylation is 1. The molecule has 0 fully saturated rings. The molecule has 0 radical (unpaired) electrons. The third-order valence-electron chi connectivity index (χ3n) is 4.58. The number of hydrogen-bond donors (Lipinski definition) is 2. The third-order valence-corrected chi connectivity index (χ3v) is 5.34. The number of aromatic nitrogens is 1. The van der Waals surface area contributed by atoms with Crippen LogP contribution in [0, 0.1) is 6.92 Å². The van der Waals surface area contributed by atoms with Crippen molar-refractivity contribution in [3.05, 3.63) is 107 Å². The zero-order chi connectivity index (χ0) is 22.3. The van der Waals surface area contributed by atoms with Crippen molar-refractivity contribution >= 4 is 33.8 Å². The molecule has 6 nitrogen and oxygen atoms in total. The van der Waals surface area contributed by atoms with E-state index in [9.17, 15) is 9.90 Å². The van der Waals surface area contributed by atoms with E-state index in [0.29, 0.717) is 16.4 Å². The molecule has 32 heavy (non-hydrogen) atoms. The van der Waals surface area contributed by atoms with Crippen LogP contribution in [0.5, 0.6) is 0 Å². The first-order valence-corrected chi connectivity index (χ1v) is 10.8. The summed E-state index contributed by atoms with van der Waals surface area (Å²) < 4.78 is 0. The van der Waals surface area contributed by atoms with Crippen LogP contribution in [-0.4, -0.2) is 16.0 Å². The summed E-state index contributed by atoms with van der Waals surface area (Å²) in [6.07, 6.45) is 0. The second kappa shape index (κ2) is 9.80. The monoisotopic (exact) mass is 440 g/mol. The average Bonchev–Trinajstić information content (AvgIpc) is 3.30. The van der Waals surface area contributed by atoms with Crippen LogP contribution in [0.4, 0.5) is 10.8 Å². The Labute approximate surface area is 189 Å². The van der Waals surface area contributed by atoms with Crippen LogP contribution in [-0.2, 0) is 4.79 Å². The lowest BCUT2D eigenvalue weighted by Crippen LogP contribution is -2.14. The topological polar surface area (TPSA) is 86.9 Å². The maximum absolute atomic E-state index is 13.0. The molecule has 0 aliphatic carbocycles. The van der Waals surface area contributed by atoms with Crippen LogP contribution in [0.2, 0.25) is 0 Å². The molecule has 0 saturated carbocycles. The number of carbonyl (C=O) groups excluding carboxylic acids is 1. The normalized spacial score (nSPS) is 11.9. The quantitative estimate of drug-likeness (QED) is 0.197. The van der Waals surface area contributed by atoms with E-state index >= 15 is 0 Å². The molecule has 0 aliphatic rings. The molecule has 158 valence electrons. The van der Waals surface area contributed by atoms with Gasteiger partial charge in [0.05, 0.1) is 11.4 Å². The molecule has 7 heteroatoms. The van der Waals surface area contributed by atoms with Gasteiger partial charge in [-0.15, -0.1) is 16.5 Å². The Morgan fingerprint density at radius 3 is 2.28 bits per heavy atom. The summed E-state index contributed by atoms with van der Waals surface area (Å²) in [5, 5.41) is 24.0. The summed E-state index contributed by atoms with van der Waals surface area (Å²) in [7, 11) is 0. The number of anilines is 1. The summed E-state index contributed by atoms with van der Waals surface area (Å²) in [4.78, 5) is 17.5. The first-order chi connectivity index (χ1) is 15.6. The van der Waals surface area contributed by atoms with Crippen molar-refractivity contribution in [2.45, 2.75) is 6.92 Å². The van der Waals surface area contributed by atoms with E-state index < -0.39 is 5.91 Å². The molecule has 1 amide bonds. The smallest absolute Gasteiger partial charge is 0.281 e. The molecule has 1 heterocycles. The summed E-state index contributed by atoms with van der Waals surface area (Å²) in [6.45, 7) is 1.97. The van der Waals surface area contributed by atoms with Crippen molar-refractivity contribution < 1.29 is 9.90 Å². The fourth-order valence-electron chi connectivity index (χ4n) is 2.88. The third kappa shape index (κ3) is 5.14. The van der Waals surface area contributed by atoms with Gasteiger partial charge in [0.2, 0.25) is 0 Å². The Kier molecular flexibility index (Phi) is 6.48. The Morgan fingerprint density at radius 1 is 0.938 bits per heavy atom. The number of amides is 1. The van der Waals surface area contributed by atoms with Gasteiger partial charge in [-0.05, 0) is 19.1 Å². The number of rotatable bonds is 6. The molecule has 0 aliphatic heterocycles. The second-order valence-corrected chi connectivity index (χ2v) is 7.81. The SMILES string of the molecule is Cc1ccc(N=N/C(C(=O)Nc2nc(-c3ccccc3)cs2)=C(\O)c2ccccc2)cc1. The van der Waals surface area contributed by atoms with Gasteiger partial charge < -0.3 is 5.11 Å². The van der Waals surface area contributed by atoms with E-state index in [-0.39, 0.29) is 11.5 Å². The van der Waals surface area contributed by atoms with Gasteiger partial charge in [0.1, 0.15) is 0 Å². The molecule has 0 spiro atoms. The van der Waals surface area contributed by atoms with Crippen LogP contribution >= 0.6 is 11.3 Å². The summed E-state index contributed by atoms with van der Waals surface area (Å²) in [6, 6.07) is 25.8. The highest BCUT2D eigenvalue weighted by Crippen LogP contribution is 2.26. The minimum atomic E-state index is -0.601. The Hall–Kier alpha value is -4.10. The minimum absolute atomic E-state index is 0.201. The average molecular weight is 441 g/mol. The number of aliphatic hydroxyl groups excluding tert-OH is 1. The summed E-state index contributed by atoms with van der Waals surface area (Å²) in [5.41, 5.74) is 3.62. The molecule has 0 atom stereocenters. The van der Waals surface area contributed by atoms with E-state index in [0.717, 1.165) is 16.8 Å². The lowest BCUT2D eigenvalue weighted by molar-refractivity contribution is -0.112. The predicted molar refractivity (Wildman–Crippen MR) is 128 cm³/mol. The lowest BCUT2D eigenvalue weighted by Gasteiger charge is -2.06. The number of carbonyl (C=O) groups is 1. The summed E-state index contributed by atoms with van der Waals surface area (Å²) in [5.74, 6) is -0.866. The zero-order valence-electron chi connectivity index (χ0n) is 17.3. The van der Waals surface area contributed by atoms with Crippen molar-refractivity contribution in [1.82, 2.24) is 4.98 Å². The maximum Gasteiger partial charge on any atom is 0.281 e. The van der Waals surface area contributed by atoms with E-state index in [1.54, 1.807) is 36.4 Å². The Balaban J connectivity index is 1.63. The summed E-state index contributed by atoms with van der Waals surface area (Å²) >= 11 is 1.29. The van der Waals surface area contributed by atoms with Gasteiger partial charge in [-0.1, -0.05) is 78.4 Å². The van der Waals surface area contributed by atoms with Gasteiger partial charge in [-0.25, -0.2) is 4.98 Å². The molecule has 4 aromatic rings. The number of azo groups is 1. The first-order valence-electron chi connectivity index (χ1n) is 9.89. The fourth-order valence-corrected chi connectivity index (χ4v) is 3.60. The van der Waals surface area contributed by atoms with Crippen molar-refractivity contribution in [2.24, 2.45) is 10.2 Å². The molecular formula is C25H20N4O2S. The van der Waals surface area contributed by atoms with Crippen LogP contribution < -0.4 is 5.32 Å². The van der Waals surface area contributed by atoms with Crippen molar-refractivity contribution in [2.75, 3.05) is 5.32 Å². The highest BCUT2D eigenvalue weighted by molar-refractivity contribution is 7.14. The van der Waals surface area contributed by atoms with E-state index in [2.05, 4.69) is 20.5 Å². The Bertz CT molecular complexity index is 1260. The maximum atomic E-state index is 13.0.